The Morgan fingerprint density at radius 2 is 2.05 bits per heavy atom. The van der Waals surface area contributed by atoms with Crippen LogP contribution < -0.4 is 10.2 Å². The molecule has 3 aromatic rings. The molecule has 8 nitrogen and oxygen atoms in total. The molecule has 3 heterocycles. The molecule has 1 fully saturated rings. The Morgan fingerprint density at radius 3 is 2.72 bits per heavy atom. The molecule has 1 amide bonds. The van der Waals surface area contributed by atoms with E-state index in [-0.39, 0.29) is 54.1 Å². The molecule has 2 aliphatic rings. The van der Waals surface area contributed by atoms with Gasteiger partial charge in [-0.15, -0.1) is 0 Å². The average molecular weight is 542 g/mol. The summed E-state index contributed by atoms with van der Waals surface area (Å²) in [6.45, 7) is 1.52. The molecular weight excluding hydrogens is 515 g/mol. The van der Waals surface area contributed by atoms with Gasteiger partial charge in [-0.1, -0.05) is 17.3 Å². The molecule has 5 rings (SSSR count). The molecule has 1 aromatic carbocycles. The summed E-state index contributed by atoms with van der Waals surface area (Å²) < 4.78 is 53.6. The van der Waals surface area contributed by atoms with Crippen molar-refractivity contribution in [3.63, 3.8) is 0 Å². The quantitative estimate of drug-likeness (QED) is 0.332. The number of rotatable bonds is 9. The predicted octanol–water partition coefficient (Wildman–Crippen LogP) is 6.19. The van der Waals surface area contributed by atoms with Crippen molar-refractivity contribution >= 4 is 17.6 Å². The highest BCUT2D eigenvalue weighted by atomic mass is 19.4. The van der Waals surface area contributed by atoms with Crippen LogP contribution >= 0.6 is 0 Å². The average Bonchev–Trinajstić information content (AvgIpc) is 3.39. The van der Waals surface area contributed by atoms with Gasteiger partial charge in [0, 0.05) is 31.1 Å². The number of allylic oxidation sites excluding steroid dienone is 2. The fourth-order valence-corrected chi connectivity index (χ4v) is 4.69. The number of hydrogen-bond acceptors (Lipinski definition) is 6. The maximum absolute atomic E-state index is 14.2. The maximum atomic E-state index is 14.2. The Labute approximate surface area is 221 Å². The minimum absolute atomic E-state index is 0.0492. The highest BCUT2D eigenvalue weighted by Gasteiger charge is 2.37. The molecule has 2 aromatic heterocycles. The number of carboxylic acid groups (broad SMARTS) is 1. The topological polar surface area (TPSA) is 109 Å². The zero-order chi connectivity index (χ0) is 27.7. The number of alkyl halides is 3. The molecule has 0 radical (unpaired) electrons. The van der Waals surface area contributed by atoms with Crippen LogP contribution in [0.3, 0.4) is 0 Å². The van der Waals surface area contributed by atoms with Crippen LogP contribution in [0.15, 0.2) is 63.4 Å². The van der Waals surface area contributed by atoms with E-state index in [2.05, 4.69) is 10.5 Å². The number of nitrogens with one attached hydrogen (secondary N) is 1. The summed E-state index contributed by atoms with van der Waals surface area (Å²) in [4.78, 5) is 26.1. The summed E-state index contributed by atoms with van der Waals surface area (Å²) in [6.07, 6.45) is 3.86. The van der Waals surface area contributed by atoms with Gasteiger partial charge < -0.3 is 24.3 Å². The molecule has 11 heteroatoms. The van der Waals surface area contributed by atoms with E-state index in [9.17, 15) is 22.8 Å². The van der Waals surface area contributed by atoms with Gasteiger partial charge in [0.15, 0.2) is 5.76 Å². The molecule has 0 bridgehead atoms. The number of benzene rings is 1. The summed E-state index contributed by atoms with van der Waals surface area (Å²) in [5.74, 6) is -0.745. The number of halogens is 3. The maximum Gasteiger partial charge on any atom is 0.416 e. The van der Waals surface area contributed by atoms with Crippen molar-refractivity contribution in [1.82, 2.24) is 10.5 Å². The van der Waals surface area contributed by atoms with Crippen LogP contribution in [0.5, 0.6) is 0 Å². The Hall–Kier alpha value is -4.28. The van der Waals surface area contributed by atoms with Gasteiger partial charge in [0.1, 0.15) is 5.76 Å². The highest BCUT2D eigenvalue weighted by Crippen LogP contribution is 2.45. The minimum Gasteiger partial charge on any atom is -0.481 e. The number of carbonyl (C=O) groups is 2. The van der Waals surface area contributed by atoms with Crippen molar-refractivity contribution in [2.75, 3.05) is 11.4 Å². The molecule has 204 valence electrons. The van der Waals surface area contributed by atoms with Gasteiger partial charge in [0.05, 0.1) is 40.9 Å². The van der Waals surface area contributed by atoms with Crippen LogP contribution in [0.1, 0.15) is 64.5 Å². The van der Waals surface area contributed by atoms with Crippen molar-refractivity contribution in [2.45, 2.75) is 51.2 Å². The van der Waals surface area contributed by atoms with E-state index in [0.29, 0.717) is 17.3 Å². The third kappa shape index (κ3) is 5.76. The first-order chi connectivity index (χ1) is 18.6. The first kappa shape index (κ1) is 26.3. The Balaban J connectivity index is 1.57. The van der Waals surface area contributed by atoms with E-state index < -0.39 is 23.6 Å². The van der Waals surface area contributed by atoms with Gasteiger partial charge in [0.25, 0.3) is 5.91 Å². The fraction of sp³-hybridized carbons (Fsp3) is 0.321. The van der Waals surface area contributed by atoms with E-state index in [4.69, 9.17) is 14.0 Å². The lowest BCUT2D eigenvalue weighted by Gasteiger charge is -2.30. The normalized spacial score (nSPS) is 15.4. The smallest absolute Gasteiger partial charge is 0.416 e. The molecule has 0 spiro atoms. The first-order valence-corrected chi connectivity index (χ1v) is 12.5. The van der Waals surface area contributed by atoms with Crippen LogP contribution in [0, 0.1) is 6.92 Å². The number of carboxylic acids is 1. The molecule has 1 aliphatic heterocycles. The monoisotopic (exact) mass is 541 g/mol. The molecule has 1 aliphatic carbocycles. The van der Waals surface area contributed by atoms with E-state index >= 15 is 0 Å². The van der Waals surface area contributed by atoms with Crippen molar-refractivity contribution in [3.8, 4) is 11.3 Å². The molecule has 1 saturated carbocycles. The summed E-state index contributed by atoms with van der Waals surface area (Å²) in [7, 11) is 0. The van der Waals surface area contributed by atoms with Crippen LogP contribution in [-0.2, 0) is 17.5 Å². The van der Waals surface area contributed by atoms with Crippen LogP contribution in [0.25, 0.3) is 11.3 Å². The zero-order valence-corrected chi connectivity index (χ0v) is 21.0. The number of aliphatic carboxylic acids is 1. The molecule has 0 unspecified atom stereocenters. The summed E-state index contributed by atoms with van der Waals surface area (Å²) in [6, 6.07) is 5.76. The van der Waals surface area contributed by atoms with Crippen molar-refractivity contribution < 1.29 is 36.8 Å². The molecule has 0 atom stereocenters. The second-order valence-corrected chi connectivity index (χ2v) is 9.62. The number of anilines is 1. The molecule has 2 N–H and O–H groups in total. The number of aromatic nitrogens is 1. The third-order valence-corrected chi connectivity index (χ3v) is 6.74. The lowest BCUT2D eigenvalue weighted by molar-refractivity contribution is -0.138. The van der Waals surface area contributed by atoms with E-state index in [1.54, 1.807) is 41.5 Å². The number of carbonyl (C=O) groups excluding carboxylic acids is 1. The van der Waals surface area contributed by atoms with Gasteiger partial charge in [-0.2, -0.15) is 13.2 Å². The van der Waals surface area contributed by atoms with Crippen LogP contribution in [-0.4, -0.2) is 28.7 Å². The van der Waals surface area contributed by atoms with Crippen LogP contribution in [0.2, 0.25) is 0 Å². The van der Waals surface area contributed by atoms with E-state index in [1.165, 1.54) is 13.2 Å². The lowest BCUT2D eigenvalue weighted by atomic mass is 9.92. The number of amides is 1. The Morgan fingerprint density at radius 1 is 1.26 bits per heavy atom. The standard InChI is InChI=1S/C28H26F3N3O5/c1-16-21(28(29,30)31)13-20(27(37)32-14-19-12-22(33-39-19)18-7-8-18)25(23-5-3-11-38-23)26(16)34-10-2-4-17(15-34)6-9-24(35)36/h2-5,11-13,15,18H,6-10,14H2,1H3,(H,32,37)(H,35,36). The minimum atomic E-state index is -4.73. The summed E-state index contributed by atoms with van der Waals surface area (Å²) >= 11 is 0. The second kappa shape index (κ2) is 10.5. The molecule has 0 saturated heterocycles. The number of furan rings is 1. The van der Waals surface area contributed by atoms with Gasteiger partial charge in [-0.3, -0.25) is 9.59 Å². The SMILES string of the molecule is Cc1c(C(F)(F)F)cc(C(=O)NCc2cc(C3CC3)no2)c(-c2ccco2)c1N1C=C(CCC(=O)O)C=CC1. The number of hydrogen-bond donors (Lipinski definition) is 2. The van der Waals surface area contributed by atoms with E-state index in [1.807, 2.05) is 0 Å². The lowest BCUT2D eigenvalue weighted by Crippen LogP contribution is -2.27. The third-order valence-electron chi connectivity index (χ3n) is 6.74. The zero-order valence-electron chi connectivity index (χ0n) is 21.0. The van der Waals surface area contributed by atoms with E-state index in [0.717, 1.165) is 24.6 Å². The fourth-order valence-electron chi connectivity index (χ4n) is 4.69. The van der Waals surface area contributed by atoms with Crippen molar-refractivity contribution in [1.29, 1.82) is 0 Å². The Bertz CT molecular complexity index is 1450. The largest absolute Gasteiger partial charge is 0.481 e. The molecule has 39 heavy (non-hydrogen) atoms. The van der Waals surface area contributed by atoms with Gasteiger partial charge in [-0.25, -0.2) is 0 Å². The highest BCUT2D eigenvalue weighted by molar-refractivity contribution is 6.04. The molecular formula is C28H26F3N3O5. The van der Waals surface area contributed by atoms with Crippen molar-refractivity contribution in [2.24, 2.45) is 0 Å². The predicted molar refractivity (Wildman–Crippen MR) is 135 cm³/mol. The van der Waals surface area contributed by atoms with Gasteiger partial charge in [-0.05, 0) is 55.5 Å². The van der Waals surface area contributed by atoms with Crippen LogP contribution in [0.4, 0.5) is 18.9 Å². The first-order valence-electron chi connectivity index (χ1n) is 12.5. The number of nitrogens with zero attached hydrogens (tertiary/aromatic N) is 2. The summed E-state index contributed by atoms with van der Waals surface area (Å²) in [5, 5.41) is 15.7. The van der Waals surface area contributed by atoms with Gasteiger partial charge in [0.2, 0.25) is 0 Å². The van der Waals surface area contributed by atoms with Crippen molar-refractivity contribution in [3.05, 3.63) is 82.6 Å². The Kier molecular flexibility index (Phi) is 7.07. The van der Waals surface area contributed by atoms with Gasteiger partial charge >= 0.3 is 12.1 Å². The second-order valence-electron chi connectivity index (χ2n) is 9.62. The summed E-state index contributed by atoms with van der Waals surface area (Å²) in [5.41, 5.74) is 0.531.